The average molecular weight is 243 g/mol. The summed E-state index contributed by atoms with van der Waals surface area (Å²) >= 11 is 0. The number of hydrogen-bond donors (Lipinski definition) is 2. The van der Waals surface area contributed by atoms with Gasteiger partial charge < -0.3 is 15.2 Å². The van der Waals surface area contributed by atoms with Crippen molar-refractivity contribution in [3.63, 3.8) is 0 Å². The Bertz CT molecular complexity index is 209. The predicted molar refractivity (Wildman–Crippen MR) is 51.2 cm³/mol. The Kier molecular flexibility index (Phi) is 7.07. The van der Waals surface area contributed by atoms with Crippen molar-refractivity contribution in [2.45, 2.75) is 19.5 Å². The minimum Gasteiger partial charge on any atom is -0.481 e. The fourth-order valence-corrected chi connectivity index (χ4v) is 1.03. The molecular weight excluding hydrogens is 227 g/mol. The van der Waals surface area contributed by atoms with Crippen molar-refractivity contribution in [3.8, 4) is 0 Å². The number of aliphatic carboxylic acids is 1. The molecule has 4 nitrogen and oxygen atoms in total. The fourth-order valence-electron chi connectivity index (χ4n) is 1.03. The maximum atomic E-state index is 12.2. The normalized spacial score (nSPS) is 13.8. The molecule has 0 aromatic heterocycles. The Morgan fingerprint density at radius 1 is 1.50 bits per heavy atom. The summed E-state index contributed by atoms with van der Waals surface area (Å²) in [5.74, 6) is -4.20. The van der Waals surface area contributed by atoms with Crippen LogP contribution in [-0.4, -0.2) is 43.6 Å². The van der Waals surface area contributed by atoms with Crippen LogP contribution in [0.5, 0.6) is 0 Å². The van der Waals surface area contributed by atoms with Crippen LogP contribution in [0.15, 0.2) is 0 Å². The molecule has 1 unspecified atom stereocenters. The third kappa shape index (κ3) is 6.62. The maximum absolute atomic E-state index is 12.2. The van der Waals surface area contributed by atoms with Crippen molar-refractivity contribution in [3.05, 3.63) is 0 Å². The number of rotatable bonds is 8. The van der Waals surface area contributed by atoms with Crippen molar-refractivity contribution in [2.75, 3.05) is 26.3 Å². The maximum Gasteiger partial charge on any atom is 0.403 e. The lowest BCUT2D eigenvalue weighted by Gasteiger charge is -2.16. The molecule has 0 spiro atoms. The van der Waals surface area contributed by atoms with E-state index in [2.05, 4.69) is 5.32 Å². The predicted octanol–water partition coefficient (Wildman–Crippen LogP) is 1.27. The Balaban J connectivity index is 3.75. The third-order valence-electron chi connectivity index (χ3n) is 1.89. The van der Waals surface area contributed by atoms with Gasteiger partial charge in [0.25, 0.3) is 0 Å². The second-order valence-corrected chi connectivity index (χ2v) is 3.19. The first-order valence-electron chi connectivity index (χ1n) is 4.97. The molecule has 0 aliphatic carbocycles. The van der Waals surface area contributed by atoms with Crippen LogP contribution in [0.2, 0.25) is 0 Å². The number of nitrogens with one attached hydrogen (secondary N) is 1. The van der Waals surface area contributed by atoms with Gasteiger partial charge in [-0.05, 0) is 19.9 Å². The van der Waals surface area contributed by atoms with Gasteiger partial charge in [0.15, 0.2) is 5.92 Å². The molecule has 96 valence electrons. The zero-order valence-corrected chi connectivity index (χ0v) is 9.01. The van der Waals surface area contributed by atoms with Gasteiger partial charge in [-0.15, -0.1) is 0 Å². The van der Waals surface area contributed by atoms with E-state index in [0.717, 1.165) is 0 Å². The quantitative estimate of drug-likeness (QED) is 0.630. The molecule has 0 aliphatic rings. The van der Waals surface area contributed by atoms with Gasteiger partial charge in [0, 0.05) is 19.8 Å². The topological polar surface area (TPSA) is 58.6 Å². The van der Waals surface area contributed by atoms with Crippen molar-refractivity contribution < 1.29 is 27.8 Å². The van der Waals surface area contributed by atoms with Crippen LogP contribution in [0, 0.1) is 5.92 Å². The second-order valence-electron chi connectivity index (χ2n) is 3.19. The first-order chi connectivity index (χ1) is 7.39. The molecule has 0 amide bonds. The van der Waals surface area contributed by atoms with Crippen LogP contribution in [0.25, 0.3) is 0 Å². The summed E-state index contributed by atoms with van der Waals surface area (Å²) in [6.07, 6.45) is -4.16. The highest BCUT2D eigenvalue weighted by atomic mass is 19.4. The van der Waals surface area contributed by atoms with Gasteiger partial charge in [-0.2, -0.15) is 13.2 Å². The molecule has 0 heterocycles. The highest BCUT2D eigenvalue weighted by Gasteiger charge is 2.44. The van der Waals surface area contributed by atoms with Crippen molar-refractivity contribution in [1.29, 1.82) is 0 Å². The first kappa shape index (κ1) is 15.2. The Morgan fingerprint density at radius 2 is 2.12 bits per heavy atom. The molecule has 0 saturated heterocycles. The smallest absolute Gasteiger partial charge is 0.403 e. The summed E-state index contributed by atoms with van der Waals surface area (Å²) < 4.78 is 41.4. The lowest BCUT2D eigenvalue weighted by atomic mass is 10.1. The molecule has 2 N–H and O–H groups in total. The van der Waals surface area contributed by atoms with Gasteiger partial charge >= 0.3 is 12.1 Å². The molecule has 16 heavy (non-hydrogen) atoms. The zero-order valence-electron chi connectivity index (χ0n) is 9.01. The number of hydrogen-bond acceptors (Lipinski definition) is 3. The number of carbonyl (C=O) groups is 1. The van der Waals surface area contributed by atoms with E-state index in [9.17, 15) is 18.0 Å². The molecular formula is C9H16F3NO3. The summed E-state index contributed by atoms with van der Waals surface area (Å²) in [5.41, 5.74) is 0. The Morgan fingerprint density at radius 3 is 2.56 bits per heavy atom. The van der Waals surface area contributed by atoms with Gasteiger partial charge in [-0.25, -0.2) is 0 Å². The summed E-state index contributed by atoms with van der Waals surface area (Å²) in [7, 11) is 0. The van der Waals surface area contributed by atoms with Crippen molar-refractivity contribution >= 4 is 5.97 Å². The summed E-state index contributed by atoms with van der Waals surface area (Å²) in [6, 6.07) is 0. The molecule has 0 aromatic carbocycles. The van der Waals surface area contributed by atoms with E-state index in [-0.39, 0.29) is 0 Å². The third-order valence-corrected chi connectivity index (χ3v) is 1.89. The van der Waals surface area contributed by atoms with Crippen LogP contribution < -0.4 is 5.32 Å². The molecule has 0 aliphatic heterocycles. The van der Waals surface area contributed by atoms with E-state index >= 15 is 0 Å². The van der Waals surface area contributed by atoms with Gasteiger partial charge in [0.2, 0.25) is 0 Å². The SMILES string of the molecule is CCOCCCNCC(C(=O)O)C(F)(F)F. The van der Waals surface area contributed by atoms with Gasteiger partial charge in [-0.3, -0.25) is 4.79 Å². The van der Waals surface area contributed by atoms with E-state index in [4.69, 9.17) is 9.84 Å². The summed E-state index contributed by atoms with van der Waals surface area (Å²) in [6.45, 7) is 2.52. The highest BCUT2D eigenvalue weighted by Crippen LogP contribution is 2.25. The molecule has 7 heteroatoms. The highest BCUT2D eigenvalue weighted by molar-refractivity contribution is 5.71. The lowest BCUT2D eigenvalue weighted by Crippen LogP contribution is -2.39. The molecule has 1 atom stereocenters. The zero-order chi connectivity index (χ0) is 12.6. The van der Waals surface area contributed by atoms with Crippen LogP contribution in [0.3, 0.4) is 0 Å². The van der Waals surface area contributed by atoms with Gasteiger partial charge in [-0.1, -0.05) is 0 Å². The minimum atomic E-state index is -4.71. The van der Waals surface area contributed by atoms with E-state index in [1.54, 1.807) is 0 Å². The Labute approximate surface area is 91.8 Å². The van der Waals surface area contributed by atoms with Crippen LogP contribution in [0.4, 0.5) is 13.2 Å². The number of carboxylic acid groups (broad SMARTS) is 1. The van der Waals surface area contributed by atoms with E-state index in [1.165, 1.54) is 0 Å². The van der Waals surface area contributed by atoms with E-state index in [0.29, 0.717) is 26.2 Å². The first-order valence-corrected chi connectivity index (χ1v) is 4.97. The van der Waals surface area contributed by atoms with E-state index < -0.39 is 24.6 Å². The number of halogens is 3. The van der Waals surface area contributed by atoms with Crippen LogP contribution >= 0.6 is 0 Å². The van der Waals surface area contributed by atoms with Crippen LogP contribution in [-0.2, 0) is 9.53 Å². The van der Waals surface area contributed by atoms with E-state index in [1.807, 2.05) is 6.92 Å². The largest absolute Gasteiger partial charge is 0.481 e. The number of ether oxygens (including phenoxy) is 1. The second kappa shape index (κ2) is 7.45. The van der Waals surface area contributed by atoms with Crippen LogP contribution in [0.1, 0.15) is 13.3 Å². The summed E-state index contributed by atoms with van der Waals surface area (Å²) in [5, 5.41) is 10.8. The fraction of sp³-hybridized carbons (Fsp3) is 0.889. The molecule has 0 rings (SSSR count). The number of alkyl halides is 3. The molecule has 0 fully saturated rings. The molecule has 0 saturated carbocycles. The molecule has 0 aromatic rings. The average Bonchev–Trinajstić information content (AvgIpc) is 2.13. The monoisotopic (exact) mass is 243 g/mol. The van der Waals surface area contributed by atoms with Gasteiger partial charge in [0.1, 0.15) is 0 Å². The minimum absolute atomic E-state index is 0.305. The van der Waals surface area contributed by atoms with Crippen molar-refractivity contribution in [1.82, 2.24) is 5.32 Å². The summed E-state index contributed by atoms with van der Waals surface area (Å²) in [4.78, 5) is 10.3. The number of carboxylic acids is 1. The molecule has 0 bridgehead atoms. The molecule has 0 radical (unpaired) electrons. The Hall–Kier alpha value is -0.820. The standard InChI is InChI=1S/C9H16F3NO3/c1-2-16-5-3-4-13-6-7(8(14)15)9(10,11)12/h7,13H,2-6H2,1H3,(H,14,15). The lowest BCUT2D eigenvalue weighted by molar-refractivity contribution is -0.192. The van der Waals surface area contributed by atoms with Gasteiger partial charge in [0.05, 0.1) is 0 Å². The van der Waals surface area contributed by atoms with Crippen molar-refractivity contribution in [2.24, 2.45) is 5.92 Å².